The van der Waals surface area contributed by atoms with E-state index < -0.39 is 23.6 Å². The summed E-state index contributed by atoms with van der Waals surface area (Å²) in [7, 11) is 0. The van der Waals surface area contributed by atoms with Crippen LogP contribution in [0, 0.1) is 24.4 Å². The summed E-state index contributed by atoms with van der Waals surface area (Å²) in [4.78, 5) is 0. The lowest BCUT2D eigenvalue weighted by Gasteiger charge is -2.13. The average molecular weight is 295 g/mol. The Kier molecular flexibility index (Phi) is 4.98. The Hall–Kier alpha value is -1.85. The first-order chi connectivity index (χ1) is 9.97. The lowest BCUT2D eigenvalue weighted by Crippen LogP contribution is -2.21. The van der Waals surface area contributed by atoms with Gasteiger partial charge in [-0.15, -0.1) is 0 Å². The van der Waals surface area contributed by atoms with Crippen molar-refractivity contribution in [2.24, 2.45) is 0 Å². The molecule has 0 aliphatic heterocycles. The quantitative estimate of drug-likeness (QED) is 0.830. The third kappa shape index (κ3) is 4.06. The number of hydrogen-bond acceptors (Lipinski definition) is 2. The van der Waals surface area contributed by atoms with Crippen LogP contribution in [0.25, 0.3) is 0 Å². The van der Waals surface area contributed by atoms with Crippen molar-refractivity contribution >= 4 is 0 Å². The van der Waals surface area contributed by atoms with Gasteiger partial charge in [0.25, 0.3) is 0 Å². The van der Waals surface area contributed by atoms with Gasteiger partial charge in [-0.2, -0.15) is 0 Å². The summed E-state index contributed by atoms with van der Waals surface area (Å²) in [6.45, 7) is 2.31. The molecule has 2 nitrogen and oxygen atoms in total. The summed E-state index contributed by atoms with van der Waals surface area (Å²) >= 11 is 0. The minimum atomic E-state index is -1.47. The fraction of sp³-hybridized carbons (Fsp3) is 0.250. The molecule has 0 amide bonds. The molecule has 0 aliphatic rings. The molecule has 0 heterocycles. The molecule has 2 N–H and O–H groups in total. The zero-order valence-electron chi connectivity index (χ0n) is 11.5. The molecule has 2 rings (SSSR count). The van der Waals surface area contributed by atoms with Crippen LogP contribution in [0.3, 0.4) is 0 Å². The topological polar surface area (TPSA) is 32.3 Å². The van der Waals surface area contributed by atoms with Crippen LogP contribution < -0.4 is 5.32 Å². The van der Waals surface area contributed by atoms with Gasteiger partial charge in [0, 0.05) is 13.1 Å². The van der Waals surface area contributed by atoms with Gasteiger partial charge in [0.05, 0.1) is 6.10 Å². The minimum absolute atomic E-state index is 0.136. The molecule has 0 aromatic heterocycles. The van der Waals surface area contributed by atoms with Crippen LogP contribution in [0.5, 0.6) is 0 Å². The zero-order valence-corrected chi connectivity index (χ0v) is 11.5. The van der Waals surface area contributed by atoms with Crippen molar-refractivity contribution in [3.05, 3.63) is 70.5 Å². The fourth-order valence-electron chi connectivity index (χ4n) is 1.97. The smallest absolute Gasteiger partial charge is 0.194 e. The van der Waals surface area contributed by atoms with Crippen molar-refractivity contribution in [2.75, 3.05) is 6.54 Å². The lowest BCUT2D eigenvalue weighted by atomic mass is 10.1. The van der Waals surface area contributed by atoms with Crippen molar-refractivity contribution in [1.29, 1.82) is 0 Å². The Morgan fingerprint density at radius 3 is 2.19 bits per heavy atom. The molecule has 0 fully saturated rings. The summed E-state index contributed by atoms with van der Waals surface area (Å²) in [6.07, 6.45) is -0.722. The molecule has 1 unspecified atom stereocenters. The van der Waals surface area contributed by atoms with E-state index >= 15 is 0 Å². The van der Waals surface area contributed by atoms with Gasteiger partial charge in [-0.1, -0.05) is 29.8 Å². The van der Waals surface area contributed by atoms with E-state index in [0.717, 1.165) is 23.3 Å². The predicted molar refractivity (Wildman–Crippen MR) is 74.2 cm³/mol. The Balaban J connectivity index is 1.91. The molecule has 0 spiro atoms. The summed E-state index contributed by atoms with van der Waals surface area (Å²) in [6, 6.07) is 9.29. The number of hydrogen-bond donors (Lipinski definition) is 2. The highest BCUT2D eigenvalue weighted by Gasteiger charge is 2.11. The highest BCUT2D eigenvalue weighted by atomic mass is 19.2. The maximum Gasteiger partial charge on any atom is 0.194 e. The summed E-state index contributed by atoms with van der Waals surface area (Å²) in [5, 5.41) is 12.9. The Bertz CT molecular complexity index is 590. The molecule has 0 saturated heterocycles. The van der Waals surface area contributed by atoms with Crippen molar-refractivity contribution < 1.29 is 18.3 Å². The molecular weight excluding hydrogens is 279 g/mol. The summed E-state index contributed by atoms with van der Waals surface area (Å²) < 4.78 is 38.9. The number of rotatable bonds is 5. The minimum Gasteiger partial charge on any atom is -0.387 e. The summed E-state index contributed by atoms with van der Waals surface area (Å²) in [5.74, 6) is -3.91. The van der Waals surface area contributed by atoms with Crippen molar-refractivity contribution in [1.82, 2.24) is 5.32 Å². The van der Waals surface area contributed by atoms with Gasteiger partial charge in [0.15, 0.2) is 17.5 Å². The SMILES string of the molecule is Cc1ccc(C(O)CNCc2cc(F)c(F)c(F)c2)cc1. The van der Waals surface area contributed by atoms with Gasteiger partial charge >= 0.3 is 0 Å². The van der Waals surface area contributed by atoms with Crippen LogP contribution in [-0.2, 0) is 6.54 Å². The lowest BCUT2D eigenvalue weighted by molar-refractivity contribution is 0.174. The number of nitrogens with one attached hydrogen (secondary N) is 1. The van der Waals surface area contributed by atoms with Crippen LogP contribution in [0.15, 0.2) is 36.4 Å². The number of halogens is 3. The second kappa shape index (κ2) is 6.74. The summed E-state index contributed by atoms with van der Waals surface area (Å²) in [5.41, 5.74) is 2.13. The molecule has 2 aromatic carbocycles. The van der Waals surface area contributed by atoms with E-state index in [1.807, 2.05) is 31.2 Å². The third-order valence-electron chi connectivity index (χ3n) is 3.17. The highest BCUT2D eigenvalue weighted by Crippen LogP contribution is 2.15. The molecule has 112 valence electrons. The van der Waals surface area contributed by atoms with E-state index in [4.69, 9.17) is 0 Å². The third-order valence-corrected chi connectivity index (χ3v) is 3.17. The maximum atomic E-state index is 13.0. The van der Waals surface area contributed by atoms with Crippen LogP contribution >= 0.6 is 0 Å². The normalized spacial score (nSPS) is 12.4. The van der Waals surface area contributed by atoms with Crippen LogP contribution in [0.1, 0.15) is 22.8 Å². The predicted octanol–water partition coefficient (Wildman–Crippen LogP) is 3.24. The first-order valence-corrected chi connectivity index (χ1v) is 6.56. The number of aliphatic hydroxyl groups is 1. The van der Waals surface area contributed by atoms with E-state index in [2.05, 4.69) is 5.32 Å². The van der Waals surface area contributed by atoms with Gasteiger partial charge in [0.2, 0.25) is 0 Å². The van der Waals surface area contributed by atoms with Crippen LogP contribution in [-0.4, -0.2) is 11.7 Å². The standard InChI is InChI=1S/C16H16F3NO/c1-10-2-4-12(5-3-10)15(21)9-20-8-11-6-13(17)16(19)14(18)7-11/h2-7,15,20-21H,8-9H2,1H3. The van der Waals surface area contributed by atoms with E-state index in [1.165, 1.54) is 0 Å². The second-order valence-corrected chi connectivity index (χ2v) is 4.93. The van der Waals surface area contributed by atoms with Crippen molar-refractivity contribution in [3.8, 4) is 0 Å². The van der Waals surface area contributed by atoms with E-state index in [1.54, 1.807) is 0 Å². The Labute approximate surface area is 121 Å². The Morgan fingerprint density at radius 2 is 1.62 bits per heavy atom. The molecule has 1 atom stereocenters. The van der Waals surface area contributed by atoms with Gasteiger partial charge in [0.1, 0.15) is 0 Å². The second-order valence-electron chi connectivity index (χ2n) is 4.93. The first-order valence-electron chi connectivity index (χ1n) is 6.56. The molecule has 0 aliphatic carbocycles. The van der Waals surface area contributed by atoms with Gasteiger partial charge in [-0.25, -0.2) is 13.2 Å². The van der Waals surface area contributed by atoms with E-state index in [0.29, 0.717) is 0 Å². The number of aliphatic hydroxyl groups excluding tert-OH is 1. The average Bonchev–Trinajstić information content (AvgIpc) is 2.45. The monoisotopic (exact) mass is 295 g/mol. The molecule has 0 radical (unpaired) electrons. The first kappa shape index (κ1) is 15.5. The highest BCUT2D eigenvalue weighted by molar-refractivity contribution is 5.23. The molecule has 5 heteroatoms. The van der Waals surface area contributed by atoms with Crippen LogP contribution in [0.4, 0.5) is 13.2 Å². The fourth-order valence-corrected chi connectivity index (χ4v) is 1.97. The van der Waals surface area contributed by atoms with Gasteiger partial charge in [-0.05, 0) is 30.2 Å². The van der Waals surface area contributed by atoms with E-state index in [-0.39, 0.29) is 18.7 Å². The molecule has 2 aromatic rings. The maximum absolute atomic E-state index is 13.0. The zero-order chi connectivity index (χ0) is 15.4. The van der Waals surface area contributed by atoms with Crippen molar-refractivity contribution in [3.63, 3.8) is 0 Å². The molecule has 0 saturated carbocycles. The van der Waals surface area contributed by atoms with Crippen molar-refractivity contribution in [2.45, 2.75) is 19.6 Å². The number of benzene rings is 2. The number of aryl methyl sites for hydroxylation is 1. The molecule has 0 bridgehead atoms. The molecule has 21 heavy (non-hydrogen) atoms. The van der Waals surface area contributed by atoms with E-state index in [9.17, 15) is 18.3 Å². The van der Waals surface area contributed by atoms with Gasteiger partial charge < -0.3 is 10.4 Å². The molecular formula is C16H16F3NO. The van der Waals surface area contributed by atoms with Gasteiger partial charge in [-0.3, -0.25) is 0 Å². The Morgan fingerprint density at radius 1 is 1.05 bits per heavy atom. The van der Waals surface area contributed by atoms with Crippen LogP contribution in [0.2, 0.25) is 0 Å². The largest absolute Gasteiger partial charge is 0.387 e.